The summed E-state index contributed by atoms with van der Waals surface area (Å²) in [4.78, 5) is 11.8. The van der Waals surface area contributed by atoms with Gasteiger partial charge in [0.1, 0.15) is 0 Å². The van der Waals surface area contributed by atoms with Crippen LogP contribution in [0, 0.1) is 12.3 Å². The summed E-state index contributed by atoms with van der Waals surface area (Å²) in [6.45, 7) is 3.61. The lowest BCUT2D eigenvalue weighted by Gasteiger charge is -2.26. The van der Waals surface area contributed by atoms with E-state index in [0.717, 1.165) is 13.1 Å². The Balaban J connectivity index is 1.95. The van der Waals surface area contributed by atoms with Crippen LogP contribution in [0.25, 0.3) is 0 Å². The van der Waals surface area contributed by atoms with Gasteiger partial charge in [0.15, 0.2) is 5.69 Å². The molecule has 2 N–H and O–H groups in total. The van der Waals surface area contributed by atoms with Gasteiger partial charge < -0.3 is 10.6 Å². The number of hydrogen-bond donors (Lipinski definition) is 2. The zero-order valence-electron chi connectivity index (χ0n) is 9.68. The molecule has 1 aromatic heterocycles. The molecule has 0 radical (unpaired) electrons. The number of rotatable bonds is 4. The Bertz CT molecular complexity index is 443. The van der Waals surface area contributed by atoms with Gasteiger partial charge in [-0.25, -0.2) is 4.68 Å². The second-order valence-electron chi connectivity index (χ2n) is 4.18. The molecular formula is C11H15N5O. The first-order chi connectivity index (χ1) is 8.20. The SMILES string of the molecule is C#CCC(C)NC(=O)c1cn(C2CNC2)nn1. The summed E-state index contributed by atoms with van der Waals surface area (Å²) in [5.41, 5.74) is 0.334. The molecule has 6 heteroatoms. The van der Waals surface area contributed by atoms with Crippen molar-refractivity contribution in [3.63, 3.8) is 0 Å². The Morgan fingerprint density at radius 2 is 2.59 bits per heavy atom. The van der Waals surface area contributed by atoms with Crippen LogP contribution in [-0.2, 0) is 0 Å². The molecule has 0 spiro atoms. The lowest BCUT2D eigenvalue weighted by atomic mass is 10.2. The number of amides is 1. The standard InChI is InChI=1S/C11H15N5O/c1-3-4-8(2)13-11(17)10-7-16(15-14-10)9-5-12-6-9/h1,7-9,12H,4-6H2,2H3,(H,13,17). The Morgan fingerprint density at radius 3 is 3.18 bits per heavy atom. The van der Waals surface area contributed by atoms with Gasteiger partial charge in [0.2, 0.25) is 0 Å². The number of carbonyl (C=O) groups is 1. The largest absolute Gasteiger partial charge is 0.347 e. The molecule has 0 aromatic carbocycles. The number of hydrogen-bond acceptors (Lipinski definition) is 4. The molecule has 17 heavy (non-hydrogen) atoms. The van der Waals surface area contributed by atoms with Crippen LogP contribution < -0.4 is 10.6 Å². The number of aromatic nitrogens is 3. The third kappa shape index (κ3) is 2.63. The Hall–Kier alpha value is -1.87. The minimum Gasteiger partial charge on any atom is -0.347 e. The molecule has 1 aliphatic rings. The summed E-state index contributed by atoms with van der Waals surface area (Å²) in [7, 11) is 0. The molecule has 1 fully saturated rings. The summed E-state index contributed by atoms with van der Waals surface area (Å²) in [5.74, 6) is 2.27. The summed E-state index contributed by atoms with van der Waals surface area (Å²) in [5, 5.41) is 13.7. The minimum atomic E-state index is -0.230. The van der Waals surface area contributed by atoms with Crippen molar-refractivity contribution in [2.45, 2.75) is 25.4 Å². The molecule has 2 heterocycles. The fourth-order valence-electron chi connectivity index (χ4n) is 1.55. The summed E-state index contributed by atoms with van der Waals surface area (Å²) < 4.78 is 1.72. The second kappa shape index (κ2) is 4.97. The van der Waals surface area contributed by atoms with E-state index in [2.05, 4.69) is 26.9 Å². The molecule has 1 aliphatic heterocycles. The van der Waals surface area contributed by atoms with Crippen LogP contribution in [0.15, 0.2) is 6.20 Å². The number of carbonyl (C=O) groups excluding carboxylic acids is 1. The maximum Gasteiger partial charge on any atom is 0.273 e. The molecule has 1 amide bonds. The predicted octanol–water partition coefficient (Wildman–Crippen LogP) is -0.436. The zero-order valence-corrected chi connectivity index (χ0v) is 9.68. The monoisotopic (exact) mass is 233 g/mol. The van der Waals surface area contributed by atoms with Gasteiger partial charge in [0.05, 0.1) is 12.2 Å². The van der Waals surface area contributed by atoms with Crippen LogP contribution in [0.4, 0.5) is 0 Å². The van der Waals surface area contributed by atoms with Gasteiger partial charge >= 0.3 is 0 Å². The third-order valence-electron chi connectivity index (χ3n) is 2.68. The van der Waals surface area contributed by atoms with Crippen molar-refractivity contribution in [2.24, 2.45) is 0 Å². The van der Waals surface area contributed by atoms with E-state index in [9.17, 15) is 4.79 Å². The topological polar surface area (TPSA) is 71.8 Å². The zero-order chi connectivity index (χ0) is 12.3. The fraction of sp³-hybridized carbons (Fsp3) is 0.545. The smallest absolute Gasteiger partial charge is 0.273 e. The Labute approximate surface area is 99.8 Å². The summed E-state index contributed by atoms with van der Waals surface area (Å²) in [6, 6.07) is 0.259. The minimum absolute atomic E-state index is 0.0528. The highest BCUT2D eigenvalue weighted by molar-refractivity contribution is 5.92. The summed E-state index contributed by atoms with van der Waals surface area (Å²) >= 11 is 0. The molecule has 1 saturated heterocycles. The van der Waals surface area contributed by atoms with E-state index in [-0.39, 0.29) is 11.9 Å². The van der Waals surface area contributed by atoms with Crippen LogP contribution in [0.5, 0.6) is 0 Å². The van der Waals surface area contributed by atoms with E-state index >= 15 is 0 Å². The van der Waals surface area contributed by atoms with Crippen LogP contribution in [0.2, 0.25) is 0 Å². The van der Waals surface area contributed by atoms with E-state index in [1.54, 1.807) is 10.9 Å². The highest BCUT2D eigenvalue weighted by atomic mass is 16.2. The highest BCUT2D eigenvalue weighted by Crippen LogP contribution is 2.09. The van der Waals surface area contributed by atoms with Crippen molar-refractivity contribution in [1.29, 1.82) is 0 Å². The van der Waals surface area contributed by atoms with Crippen molar-refractivity contribution in [3.8, 4) is 12.3 Å². The number of terminal acetylenes is 1. The van der Waals surface area contributed by atoms with Crippen molar-refractivity contribution in [2.75, 3.05) is 13.1 Å². The average molecular weight is 233 g/mol. The first kappa shape index (κ1) is 11.6. The van der Waals surface area contributed by atoms with Gasteiger partial charge in [-0.15, -0.1) is 17.4 Å². The maximum atomic E-state index is 11.8. The first-order valence-electron chi connectivity index (χ1n) is 5.57. The van der Waals surface area contributed by atoms with Crippen LogP contribution in [0.1, 0.15) is 29.9 Å². The predicted molar refractivity (Wildman–Crippen MR) is 62.3 cm³/mol. The van der Waals surface area contributed by atoms with Crippen LogP contribution >= 0.6 is 0 Å². The molecule has 1 aromatic rings. The number of nitrogens with one attached hydrogen (secondary N) is 2. The van der Waals surface area contributed by atoms with Crippen molar-refractivity contribution < 1.29 is 4.79 Å². The molecule has 6 nitrogen and oxygen atoms in total. The quantitative estimate of drug-likeness (QED) is 0.692. The van der Waals surface area contributed by atoms with Crippen molar-refractivity contribution in [3.05, 3.63) is 11.9 Å². The lowest BCUT2D eigenvalue weighted by molar-refractivity contribution is 0.0935. The number of nitrogens with zero attached hydrogens (tertiary/aromatic N) is 3. The second-order valence-corrected chi connectivity index (χ2v) is 4.18. The normalized spacial score (nSPS) is 16.9. The molecule has 2 rings (SSSR count). The molecule has 1 unspecified atom stereocenters. The molecule has 0 saturated carbocycles. The van der Waals surface area contributed by atoms with Crippen LogP contribution in [0.3, 0.4) is 0 Å². The van der Waals surface area contributed by atoms with E-state index in [0.29, 0.717) is 18.2 Å². The van der Waals surface area contributed by atoms with E-state index < -0.39 is 0 Å². The van der Waals surface area contributed by atoms with Gasteiger partial charge in [-0.2, -0.15) is 0 Å². The third-order valence-corrected chi connectivity index (χ3v) is 2.68. The van der Waals surface area contributed by atoms with Gasteiger partial charge in [-0.3, -0.25) is 4.79 Å². The fourth-order valence-corrected chi connectivity index (χ4v) is 1.55. The molecule has 0 bridgehead atoms. The van der Waals surface area contributed by atoms with Crippen molar-refractivity contribution in [1.82, 2.24) is 25.6 Å². The average Bonchev–Trinajstić information content (AvgIpc) is 2.64. The highest BCUT2D eigenvalue weighted by Gasteiger charge is 2.21. The van der Waals surface area contributed by atoms with Gasteiger partial charge in [0, 0.05) is 25.6 Å². The summed E-state index contributed by atoms with van der Waals surface area (Å²) in [6.07, 6.45) is 7.35. The Kier molecular flexibility index (Phi) is 3.40. The molecule has 90 valence electrons. The van der Waals surface area contributed by atoms with Crippen LogP contribution in [-0.4, -0.2) is 40.0 Å². The van der Waals surface area contributed by atoms with Crippen molar-refractivity contribution >= 4 is 5.91 Å². The van der Waals surface area contributed by atoms with E-state index in [1.807, 2.05) is 6.92 Å². The van der Waals surface area contributed by atoms with Gasteiger partial charge in [-0.1, -0.05) is 5.21 Å². The van der Waals surface area contributed by atoms with Gasteiger partial charge in [0.25, 0.3) is 5.91 Å². The lowest BCUT2D eigenvalue weighted by Crippen LogP contribution is -2.43. The molecule has 1 atom stereocenters. The maximum absolute atomic E-state index is 11.8. The van der Waals surface area contributed by atoms with E-state index in [4.69, 9.17) is 6.42 Å². The van der Waals surface area contributed by atoms with E-state index in [1.165, 1.54) is 0 Å². The first-order valence-corrected chi connectivity index (χ1v) is 5.57. The van der Waals surface area contributed by atoms with Gasteiger partial charge in [-0.05, 0) is 6.92 Å². The Morgan fingerprint density at radius 1 is 1.82 bits per heavy atom. The molecular weight excluding hydrogens is 218 g/mol. The molecule has 0 aliphatic carbocycles.